The van der Waals surface area contributed by atoms with Gasteiger partial charge >= 0.3 is 0 Å². The quantitative estimate of drug-likeness (QED) is 0.809. The standard InChI is InChI=1S/C14H19ClFNO/c1-3-8-17-11(2)13-6-5-12(10-14(13)16)18-9-4-7-15/h4-7,10-11,17H,3,8-9H2,1-2H3/b7-4+. The van der Waals surface area contributed by atoms with Gasteiger partial charge in [0.05, 0.1) is 0 Å². The second kappa shape index (κ2) is 8.11. The summed E-state index contributed by atoms with van der Waals surface area (Å²) in [5.74, 6) is 0.257. The fourth-order valence-corrected chi connectivity index (χ4v) is 1.67. The average molecular weight is 272 g/mol. The molecule has 1 N–H and O–H groups in total. The molecule has 0 heterocycles. The van der Waals surface area contributed by atoms with Gasteiger partial charge in [-0.15, -0.1) is 0 Å². The average Bonchev–Trinajstić information content (AvgIpc) is 2.36. The number of ether oxygens (including phenoxy) is 1. The van der Waals surface area contributed by atoms with Crippen molar-refractivity contribution in [3.63, 3.8) is 0 Å². The normalized spacial score (nSPS) is 12.9. The van der Waals surface area contributed by atoms with Gasteiger partial charge in [-0.05, 0) is 32.0 Å². The molecule has 0 aliphatic rings. The zero-order valence-corrected chi connectivity index (χ0v) is 11.5. The molecule has 0 radical (unpaired) electrons. The maximum atomic E-state index is 13.9. The minimum Gasteiger partial charge on any atom is -0.489 e. The van der Waals surface area contributed by atoms with Gasteiger partial charge in [0.25, 0.3) is 0 Å². The number of nitrogens with one attached hydrogen (secondary N) is 1. The molecule has 0 saturated heterocycles. The van der Waals surface area contributed by atoms with E-state index in [9.17, 15) is 4.39 Å². The van der Waals surface area contributed by atoms with E-state index < -0.39 is 0 Å². The zero-order chi connectivity index (χ0) is 13.4. The van der Waals surface area contributed by atoms with Crippen molar-refractivity contribution in [2.24, 2.45) is 0 Å². The van der Waals surface area contributed by atoms with Gasteiger partial charge < -0.3 is 10.1 Å². The lowest BCUT2D eigenvalue weighted by molar-refractivity contribution is 0.360. The Bertz CT molecular complexity index is 395. The lowest BCUT2D eigenvalue weighted by Gasteiger charge is -2.15. The fourth-order valence-electron chi connectivity index (χ4n) is 1.60. The summed E-state index contributed by atoms with van der Waals surface area (Å²) in [6.45, 7) is 5.24. The molecular weight excluding hydrogens is 253 g/mol. The van der Waals surface area contributed by atoms with E-state index in [0.717, 1.165) is 13.0 Å². The van der Waals surface area contributed by atoms with Crippen molar-refractivity contribution in [2.45, 2.75) is 26.3 Å². The predicted molar refractivity (Wildman–Crippen MR) is 73.6 cm³/mol. The Morgan fingerprint density at radius 2 is 2.28 bits per heavy atom. The molecule has 0 spiro atoms. The van der Waals surface area contributed by atoms with Crippen LogP contribution in [0, 0.1) is 5.82 Å². The van der Waals surface area contributed by atoms with Gasteiger partial charge in [-0.3, -0.25) is 0 Å². The highest BCUT2D eigenvalue weighted by Crippen LogP contribution is 2.21. The number of rotatable bonds is 7. The molecule has 18 heavy (non-hydrogen) atoms. The summed E-state index contributed by atoms with van der Waals surface area (Å²) < 4.78 is 19.2. The molecule has 0 aliphatic heterocycles. The van der Waals surface area contributed by atoms with Crippen molar-refractivity contribution in [3.8, 4) is 5.75 Å². The molecule has 0 aromatic heterocycles. The third-order valence-electron chi connectivity index (χ3n) is 2.57. The van der Waals surface area contributed by atoms with Crippen LogP contribution in [0.1, 0.15) is 31.9 Å². The number of hydrogen-bond donors (Lipinski definition) is 1. The molecule has 0 fully saturated rings. The Morgan fingerprint density at radius 1 is 1.50 bits per heavy atom. The fraction of sp³-hybridized carbons (Fsp3) is 0.429. The highest BCUT2D eigenvalue weighted by atomic mass is 35.5. The van der Waals surface area contributed by atoms with Crippen molar-refractivity contribution in [3.05, 3.63) is 41.2 Å². The van der Waals surface area contributed by atoms with Gasteiger partial charge in [-0.25, -0.2) is 4.39 Å². The van der Waals surface area contributed by atoms with E-state index in [1.54, 1.807) is 18.2 Å². The summed E-state index contributed by atoms with van der Waals surface area (Å²) in [5.41, 5.74) is 2.03. The van der Waals surface area contributed by atoms with Crippen LogP contribution in [0.25, 0.3) is 0 Å². The molecule has 1 atom stereocenters. The summed E-state index contributed by atoms with van der Waals surface area (Å²) in [6, 6.07) is 4.93. The van der Waals surface area contributed by atoms with Crippen LogP contribution in [-0.4, -0.2) is 13.2 Å². The maximum Gasteiger partial charge on any atom is 0.131 e. The van der Waals surface area contributed by atoms with E-state index in [2.05, 4.69) is 12.2 Å². The van der Waals surface area contributed by atoms with Gasteiger partial charge in [0.15, 0.2) is 0 Å². The summed E-state index contributed by atoms with van der Waals surface area (Å²) in [4.78, 5) is 0. The van der Waals surface area contributed by atoms with Gasteiger partial charge in [0, 0.05) is 23.2 Å². The third kappa shape index (κ3) is 4.67. The van der Waals surface area contributed by atoms with Crippen LogP contribution < -0.4 is 10.1 Å². The Balaban J connectivity index is 2.66. The van der Waals surface area contributed by atoms with Crippen LogP contribution in [0.2, 0.25) is 0 Å². The molecule has 1 aromatic rings. The van der Waals surface area contributed by atoms with Crippen molar-refractivity contribution in [1.82, 2.24) is 5.32 Å². The second-order valence-electron chi connectivity index (χ2n) is 4.03. The van der Waals surface area contributed by atoms with Crippen molar-refractivity contribution < 1.29 is 9.13 Å². The van der Waals surface area contributed by atoms with E-state index in [0.29, 0.717) is 17.9 Å². The molecule has 1 unspecified atom stereocenters. The molecular formula is C14H19ClFNO. The molecule has 0 amide bonds. The van der Waals surface area contributed by atoms with E-state index in [1.165, 1.54) is 11.6 Å². The van der Waals surface area contributed by atoms with Crippen molar-refractivity contribution in [1.29, 1.82) is 0 Å². The van der Waals surface area contributed by atoms with Crippen molar-refractivity contribution in [2.75, 3.05) is 13.2 Å². The summed E-state index contributed by atoms with van der Waals surface area (Å²) in [6.07, 6.45) is 2.68. The van der Waals surface area contributed by atoms with Gasteiger partial charge in [-0.1, -0.05) is 24.6 Å². The number of halogens is 2. The molecule has 0 saturated carbocycles. The molecule has 100 valence electrons. The molecule has 1 rings (SSSR count). The van der Waals surface area contributed by atoms with E-state index >= 15 is 0 Å². The van der Waals surface area contributed by atoms with Crippen LogP contribution in [-0.2, 0) is 0 Å². The minimum absolute atomic E-state index is 0.00161. The SMILES string of the molecule is CCCNC(C)c1ccc(OC/C=C/Cl)cc1F. The van der Waals surface area contributed by atoms with E-state index in [1.807, 2.05) is 6.92 Å². The van der Waals surface area contributed by atoms with Gasteiger partial charge in [0.1, 0.15) is 18.2 Å². The number of hydrogen-bond acceptors (Lipinski definition) is 2. The molecule has 2 nitrogen and oxygen atoms in total. The lowest BCUT2D eigenvalue weighted by atomic mass is 10.1. The summed E-state index contributed by atoms with van der Waals surface area (Å²) in [5, 5.41) is 3.25. The third-order valence-corrected chi connectivity index (χ3v) is 2.75. The maximum absolute atomic E-state index is 13.9. The van der Waals surface area contributed by atoms with Crippen LogP contribution in [0.5, 0.6) is 5.75 Å². The zero-order valence-electron chi connectivity index (χ0n) is 10.7. The first kappa shape index (κ1) is 15.0. The van der Waals surface area contributed by atoms with Crippen LogP contribution in [0.15, 0.2) is 29.8 Å². The second-order valence-corrected chi connectivity index (χ2v) is 4.28. The minimum atomic E-state index is -0.251. The highest BCUT2D eigenvalue weighted by Gasteiger charge is 2.10. The van der Waals surface area contributed by atoms with E-state index in [4.69, 9.17) is 16.3 Å². The van der Waals surface area contributed by atoms with Crippen LogP contribution in [0.3, 0.4) is 0 Å². The first-order valence-corrected chi connectivity index (χ1v) is 6.53. The summed E-state index contributed by atoms with van der Waals surface area (Å²) in [7, 11) is 0. The monoisotopic (exact) mass is 271 g/mol. The topological polar surface area (TPSA) is 21.3 Å². The number of benzene rings is 1. The molecule has 0 bridgehead atoms. The molecule has 4 heteroatoms. The van der Waals surface area contributed by atoms with Gasteiger partial charge in [0.2, 0.25) is 0 Å². The van der Waals surface area contributed by atoms with Crippen LogP contribution >= 0.6 is 11.6 Å². The first-order chi connectivity index (χ1) is 8.69. The molecule has 1 aromatic carbocycles. The largest absolute Gasteiger partial charge is 0.489 e. The Hall–Kier alpha value is -1.06. The molecule has 0 aliphatic carbocycles. The smallest absolute Gasteiger partial charge is 0.131 e. The van der Waals surface area contributed by atoms with Crippen molar-refractivity contribution >= 4 is 11.6 Å². The summed E-state index contributed by atoms with van der Waals surface area (Å²) >= 11 is 5.37. The first-order valence-electron chi connectivity index (χ1n) is 6.09. The Kier molecular flexibility index (Phi) is 6.76. The highest BCUT2D eigenvalue weighted by molar-refractivity contribution is 6.25. The van der Waals surface area contributed by atoms with E-state index in [-0.39, 0.29) is 11.9 Å². The van der Waals surface area contributed by atoms with Crippen LogP contribution in [0.4, 0.5) is 4.39 Å². The Labute approximate surface area is 113 Å². The van der Waals surface area contributed by atoms with Gasteiger partial charge in [-0.2, -0.15) is 0 Å². The Morgan fingerprint density at radius 3 is 2.89 bits per heavy atom. The lowest BCUT2D eigenvalue weighted by Crippen LogP contribution is -2.20. The predicted octanol–water partition coefficient (Wildman–Crippen LogP) is 4.02.